The Balaban J connectivity index is 2.77. The molecule has 0 atom stereocenters. The van der Waals surface area contributed by atoms with Crippen LogP contribution in [0.25, 0.3) is 0 Å². The molecule has 0 bridgehead atoms. The lowest BCUT2D eigenvalue weighted by Gasteiger charge is -2.32. The molecule has 0 heterocycles. The highest BCUT2D eigenvalue weighted by Gasteiger charge is 2.34. The topological polar surface area (TPSA) is 55.1 Å². The van der Waals surface area contributed by atoms with Gasteiger partial charge in [0.05, 0.1) is 5.41 Å². The molecule has 0 aliphatic heterocycles. The van der Waals surface area contributed by atoms with E-state index >= 15 is 0 Å². The van der Waals surface area contributed by atoms with Gasteiger partial charge in [0.25, 0.3) is 0 Å². The summed E-state index contributed by atoms with van der Waals surface area (Å²) in [4.78, 5) is 12.5. The van der Waals surface area contributed by atoms with Crippen LogP contribution < -0.4 is 11.1 Å². The standard InChI is InChI=1S/C18H30N2O/c1-6-18(7-2,12-19)16(21)20-13-17(4,5)15-10-8-14(3)9-11-15/h8-11H,6-7,12-13,19H2,1-5H3,(H,20,21). The molecule has 3 N–H and O–H groups in total. The summed E-state index contributed by atoms with van der Waals surface area (Å²) in [5, 5.41) is 3.11. The van der Waals surface area contributed by atoms with E-state index in [0.717, 1.165) is 12.8 Å². The Morgan fingerprint density at radius 2 is 1.67 bits per heavy atom. The molecule has 0 aliphatic rings. The normalized spacial score (nSPS) is 12.3. The SMILES string of the molecule is CCC(CC)(CN)C(=O)NCC(C)(C)c1ccc(C)cc1. The Morgan fingerprint density at radius 1 is 1.14 bits per heavy atom. The fraction of sp³-hybridized carbons (Fsp3) is 0.611. The largest absolute Gasteiger partial charge is 0.355 e. The highest BCUT2D eigenvalue weighted by atomic mass is 16.2. The van der Waals surface area contributed by atoms with Gasteiger partial charge in [-0.1, -0.05) is 57.5 Å². The molecule has 0 aromatic heterocycles. The van der Waals surface area contributed by atoms with E-state index in [-0.39, 0.29) is 11.3 Å². The van der Waals surface area contributed by atoms with E-state index in [1.807, 2.05) is 13.8 Å². The Kier molecular flexibility index (Phi) is 5.97. The van der Waals surface area contributed by atoms with Crippen molar-refractivity contribution in [1.82, 2.24) is 5.32 Å². The number of hydrogen-bond acceptors (Lipinski definition) is 2. The van der Waals surface area contributed by atoms with Gasteiger partial charge in [-0.15, -0.1) is 0 Å². The van der Waals surface area contributed by atoms with Gasteiger partial charge in [0, 0.05) is 18.5 Å². The molecule has 1 aromatic carbocycles. The van der Waals surface area contributed by atoms with Crippen LogP contribution in [-0.2, 0) is 10.2 Å². The average Bonchev–Trinajstić information content (AvgIpc) is 2.48. The first-order chi connectivity index (χ1) is 9.81. The van der Waals surface area contributed by atoms with Crippen molar-refractivity contribution in [3.05, 3.63) is 35.4 Å². The van der Waals surface area contributed by atoms with Crippen molar-refractivity contribution in [2.24, 2.45) is 11.1 Å². The minimum absolute atomic E-state index is 0.0789. The second-order valence-corrected chi connectivity index (χ2v) is 6.62. The van der Waals surface area contributed by atoms with Crippen LogP contribution in [0.15, 0.2) is 24.3 Å². The molecule has 0 saturated carbocycles. The zero-order valence-electron chi connectivity index (χ0n) is 14.1. The molecule has 1 amide bonds. The van der Waals surface area contributed by atoms with Crippen molar-refractivity contribution in [2.75, 3.05) is 13.1 Å². The quantitative estimate of drug-likeness (QED) is 0.810. The summed E-state index contributed by atoms with van der Waals surface area (Å²) in [6.07, 6.45) is 1.55. The maximum atomic E-state index is 12.5. The van der Waals surface area contributed by atoms with Crippen LogP contribution in [0, 0.1) is 12.3 Å². The highest BCUT2D eigenvalue weighted by molar-refractivity contribution is 5.82. The number of rotatable bonds is 7. The van der Waals surface area contributed by atoms with E-state index in [1.54, 1.807) is 0 Å². The van der Waals surface area contributed by atoms with Crippen molar-refractivity contribution in [2.45, 2.75) is 52.9 Å². The molecule has 3 heteroatoms. The first kappa shape index (κ1) is 17.7. The summed E-state index contributed by atoms with van der Waals surface area (Å²) in [6.45, 7) is 11.5. The van der Waals surface area contributed by atoms with Gasteiger partial charge in [-0.25, -0.2) is 0 Å². The predicted molar refractivity (Wildman–Crippen MR) is 89.3 cm³/mol. The Labute approximate surface area is 129 Å². The predicted octanol–water partition coefficient (Wildman–Crippen LogP) is 3.15. The molecule has 1 aromatic rings. The second kappa shape index (κ2) is 7.08. The third-order valence-electron chi connectivity index (χ3n) is 4.75. The van der Waals surface area contributed by atoms with Crippen molar-refractivity contribution >= 4 is 5.91 Å². The van der Waals surface area contributed by atoms with Gasteiger partial charge in [-0.3, -0.25) is 4.79 Å². The third kappa shape index (κ3) is 4.07. The van der Waals surface area contributed by atoms with Crippen molar-refractivity contribution in [3.8, 4) is 0 Å². The van der Waals surface area contributed by atoms with E-state index in [4.69, 9.17) is 5.73 Å². The number of amides is 1. The molecule has 0 saturated heterocycles. The number of nitrogens with two attached hydrogens (primary N) is 1. The van der Waals surface area contributed by atoms with Crippen molar-refractivity contribution in [3.63, 3.8) is 0 Å². The smallest absolute Gasteiger partial charge is 0.227 e. The van der Waals surface area contributed by atoms with Crippen LogP contribution in [0.2, 0.25) is 0 Å². The molecule has 0 radical (unpaired) electrons. The van der Waals surface area contributed by atoms with Crippen molar-refractivity contribution < 1.29 is 4.79 Å². The lowest BCUT2D eigenvalue weighted by atomic mass is 9.80. The van der Waals surface area contributed by atoms with Crippen molar-refractivity contribution in [1.29, 1.82) is 0 Å². The monoisotopic (exact) mass is 290 g/mol. The maximum Gasteiger partial charge on any atom is 0.227 e. The second-order valence-electron chi connectivity index (χ2n) is 6.62. The summed E-state index contributed by atoms with van der Waals surface area (Å²) in [5.74, 6) is 0.0789. The van der Waals surface area contributed by atoms with E-state index in [1.165, 1.54) is 11.1 Å². The molecular weight excluding hydrogens is 260 g/mol. The number of benzene rings is 1. The molecule has 0 spiro atoms. The fourth-order valence-corrected chi connectivity index (χ4v) is 2.55. The number of hydrogen-bond donors (Lipinski definition) is 2. The lowest BCUT2D eigenvalue weighted by Crippen LogP contribution is -2.48. The fourth-order valence-electron chi connectivity index (χ4n) is 2.55. The van der Waals surface area contributed by atoms with Gasteiger partial charge in [0.1, 0.15) is 0 Å². The zero-order valence-corrected chi connectivity index (χ0v) is 14.1. The Morgan fingerprint density at radius 3 is 2.10 bits per heavy atom. The Bertz CT molecular complexity index is 450. The van der Waals surface area contributed by atoms with Gasteiger partial charge >= 0.3 is 0 Å². The minimum atomic E-state index is -0.427. The van der Waals surface area contributed by atoms with Crippen LogP contribution in [0.5, 0.6) is 0 Å². The average molecular weight is 290 g/mol. The highest BCUT2D eigenvalue weighted by Crippen LogP contribution is 2.27. The maximum absolute atomic E-state index is 12.5. The summed E-state index contributed by atoms with van der Waals surface area (Å²) in [7, 11) is 0. The number of nitrogens with one attached hydrogen (secondary N) is 1. The molecule has 1 rings (SSSR count). The molecule has 0 aliphatic carbocycles. The van der Waals surface area contributed by atoms with E-state index in [9.17, 15) is 4.79 Å². The first-order valence-corrected chi connectivity index (χ1v) is 7.87. The zero-order chi connectivity index (χ0) is 16.1. The molecule has 3 nitrogen and oxygen atoms in total. The van der Waals surface area contributed by atoms with Crippen LogP contribution >= 0.6 is 0 Å². The first-order valence-electron chi connectivity index (χ1n) is 7.87. The van der Waals surface area contributed by atoms with Gasteiger partial charge in [0.2, 0.25) is 5.91 Å². The molecular formula is C18H30N2O. The van der Waals surface area contributed by atoms with Crippen LogP contribution in [0.3, 0.4) is 0 Å². The van der Waals surface area contributed by atoms with Crippen LogP contribution in [-0.4, -0.2) is 19.0 Å². The lowest BCUT2D eigenvalue weighted by molar-refractivity contribution is -0.131. The van der Waals surface area contributed by atoms with E-state index in [2.05, 4.69) is 50.4 Å². The summed E-state index contributed by atoms with van der Waals surface area (Å²) in [5.41, 5.74) is 7.80. The summed E-state index contributed by atoms with van der Waals surface area (Å²) in [6, 6.07) is 8.50. The van der Waals surface area contributed by atoms with E-state index in [0.29, 0.717) is 13.1 Å². The third-order valence-corrected chi connectivity index (χ3v) is 4.75. The van der Waals surface area contributed by atoms with E-state index < -0.39 is 5.41 Å². The Hall–Kier alpha value is -1.35. The molecule has 21 heavy (non-hydrogen) atoms. The minimum Gasteiger partial charge on any atom is -0.355 e. The number of aryl methyl sites for hydroxylation is 1. The van der Waals surface area contributed by atoms with Gasteiger partial charge < -0.3 is 11.1 Å². The van der Waals surface area contributed by atoms with Gasteiger partial charge in [0.15, 0.2) is 0 Å². The summed E-state index contributed by atoms with van der Waals surface area (Å²) < 4.78 is 0. The number of carbonyl (C=O) groups excluding carboxylic acids is 1. The van der Waals surface area contributed by atoms with Gasteiger partial charge in [-0.2, -0.15) is 0 Å². The molecule has 118 valence electrons. The molecule has 0 fully saturated rings. The summed E-state index contributed by atoms with van der Waals surface area (Å²) >= 11 is 0. The van der Waals surface area contributed by atoms with Gasteiger partial charge in [-0.05, 0) is 25.3 Å². The number of carbonyl (C=O) groups is 1. The van der Waals surface area contributed by atoms with Crippen LogP contribution in [0.1, 0.15) is 51.7 Å². The van der Waals surface area contributed by atoms with Crippen LogP contribution in [0.4, 0.5) is 0 Å². The molecule has 0 unspecified atom stereocenters.